The van der Waals surface area contributed by atoms with Crippen molar-refractivity contribution in [3.05, 3.63) is 70.3 Å². The van der Waals surface area contributed by atoms with Crippen LogP contribution >= 0.6 is 0 Å². The Morgan fingerprint density at radius 2 is 1.79 bits per heavy atom. The summed E-state index contributed by atoms with van der Waals surface area (Å²) in [5.74, 6) is -1.40. The summed E-state index contributed by atoms with van der Waals surface area (Å²) in [7, 11) is 0. The van der Waals surface area contributed by atoms with Gasteiger partial charge in [-0.15, -0.1) is 0 Å². The van der Waals surface area contributed by atoms with Crippen molar-refractivity contribution in [2.75, 3.05) is 0 Å². The molecule has 0 radical (unpaired) electrons. The van der Waals surface area contributed by atoms with E-state index in [1.807, 2.05) is 19.1 Å². The van der Waals surface area contributed by atoms with E-state index in [0.29, 0.717) is 17.5 Å². The zero-order valence-corrected chi connectivity index (χ0v) is 11.0. The van der Waals surface area contributed by atoms with Gasteiger partial charge < -0.3 is 5.11 Å². The molecular formula is C16H16F2O. The van der Waals surface area contributed by atoms with Crippen molar-refractivity contribution in [2.24, 2.45) is 0 Å². The first-order valence-corrected chi connectivity index (χ1v) is 6.26. The number of hydrogen-bond donors (Lipinski definition) is 1. The zero-order chi connectivity index (χ0) is 14.0. The van der Waals surface area contributed by atoms with E-state index in [-0.39, 0.29) is 5.56 Å². The maximum atomic E-state index is 14.0. The van der Waals surface area contributed by atoms with Crippen LogP contribution in [0, 0.1) is 18.6 Å². The molecule has 1 N–H and O–H groups in total. The molecule has 0 aliphatic rings. The van der Waals surface area contributed by atoms with Crippen molar-refractivity contribution in [3.8, 4) is 0 Å². The van der Waals surface area contributed by atoms with E-state index in [9.17, 15) is 13.9 Å². The predicted molar refractivity (Wildman–Crippen MR) is 71.0 cm³/mol. The van der Waals surface area contributed by atoms with Crippen LogP contribution in [-0.2, 0) is 6.42 Å². The third-order valence-corrected chi connectivity index (χ3v) is 3.32. The van der Waals surface area contributed by atoms with Gasteiger partial charge in [-0.1, -0.05) is 37.3 Å². The Balaban J connectivity index is 2.56. The quantitative estimate of drug-likeness (QED) is 0.889. The summed E-state index contributed by atoms with van der Waals surface area (Å²) in [4.78, 5) is 0. The van der Waals surface area contributed by atoms with Crippen LogP contribution in [0.4, 0.5) is 8.78 Å². The summed E-state index contributed by atoms with van der Waals surface area (Å²) in [6.45, 7) is 3.49. The minimum Gasteiger partial charge on any atom is -0.383 e. The smallest absolute Gasteiger partial charge is 0.135 e. The summed E-state index contributed by atoms with van der Waals surface area (Å²) < 4.78 is 27.8. The molecule has 2 aromatic carbocycles. The lowest BCUT2D eigenvalue weighted by Crippen LogP contribution is -2.09. The molecule has 0 heterocycles. The molecule has 0 amide bonds. The Hall–Kier alpha value is -1.74. The molecule has 3 heteroatoms. The highest BCUT2D eigenvalue weighted by Gasteiger charge is 2.22. The summed E-state index contributed by atoms with van der Waals surface area (Å²) in [6.07, 6.45) is -0.585. The van der Waals surface area contributed by atoms with Crippen LogP contribution in [0.5, 0.6) is 0 Å². The maximum absolute atomic E-state index is 14.0. The van der Waals surface area contributed by atoms with Crippen LogP contribution in [-0.4, -0.2) is 5.11 Å². The molecule has 0 saturated heterocycles. The van der Waals surface area contributed by atoms with Crippen LogP contribution < -0.4 is 0 Å². The Morgan fingerprint density at radius 3 is 2.47 bits per heavy atom. The number of rotatable bonds is 3. The van der Waals surface area contributed by atoms with Gasteiger partial charge in [0.2, 0.25) is 0 Å². The van der Waals surface area contributed by atoms with Gasteiger partial charge in [-0.3, -0.25) is 0 Å². The molecule has 0 aliphatic carbocycles. The highest BCUT2D eigenvalue weighted by Crippen LogP contribution is 2.30. The van der Waals surface area contributed by atoms with E-state index < -0.39 is 17.7 Å². The first-order valence-electron chi connectivity index (χ1n) is 6.26. The minimum absolute atomic E-state index is 0.277. The molecule has 1 atom stereocenters. The molecule has 19 heavy (non-hydrogen) atoms. The second-order valence-electron chi connectivity index (χ2n) is 4.55. The average molecular weight is 262 g/mol. The van der Waals surface area contributed by atoms with E-state index in [0.717, 1.165) is 5.56 Å². The molecule has 0 fully saturated rings. The highest BCUT2D eigenvalue weighted by atomic mass is 19.1. The van der Waals surface area contributed by atoms with Gasteiger partial charge in [0.15, 0.2) is 0 Å². The predicted octanol–water partition coefficient (Wildman–Crippen LogP) is 3.92. The zero-order valence-electron chi connectivity index (χ0n) is 11.0. The number of benzene rings is 2. The molecular weight excluding hydrogens is 246 g/mol. The number of aliphatic hydroxyl groups is 1. The van der Waals surface area contributed by atoms with Gasteiger partial charge in [-0.2, -0.15) is 0 Å². The molecule has 1 nitrogen and oxygen atoms in total. The molecule has 2 rings (SSSR count). The van der Waals surface area contributed by atoms with E-state index in [2.05, 4.69) is 0 Å². The number of aliphatic hydroxyl groups excluding tert-OH is 1. The second-order valence-corrected chi connectivity index (χ2v) is 4.55. The van der Waals surface area contributed by atoms with Crippen LogP contribution in [0.2, 0.25) is 0 Å². The van der Waals surface area contributed by atoms with Gasteiger partial charge in [0.05, 0.1) is 5.56 Å². The summed E-state index contributed by atoms with van der Waals surface area (Å²) in [5.41, 5.74) is 1.48. The first kappa shape index (κ1) is 13.7. The van der Waals surface area contributed by atoms with Crippen molar-refractivity contribution in [3.63, 3.8) is 0 Å². The normalized spacial score (nSPS) is 12.5. The molecule has 1 unspecified atom stereocenters. The van der Waals surface area contributed by atoms with Crippen LogP contribution in [0.25, 0.3) is 0 Å². The van der Waals surface area contributed by atoms with Gasteiger partial charge in [-0.05, 0) is 36.1 Å². The Kier molecular flexibility index (Phi) is 3.96. The molecule has 100 valence electrons. The van der Waals surface area contributed by atoms with Crippen molar-refractivity contribution in [2.45, 2.75) is 26.4 Å². The number of aryl methyl sites for hydroxylation is 2. The fourth-order valence-electron chi connectivity index (χ4n) is 2.21. The van der Waals surface area contributed by atoms with E-state index in [1.165, 1.54) is 12.1 Å². The lowest BCUT2D eigenvalue weighted by Gasteiger charge is -2.17. The Bertz CT molecular complexity index is 593. The fraction of sp³-hybridized carbons (Fsp3) is 0.250. The molecule has 2 aromatic rings. The first-order chi connectivity index (χ1) is 9.06. The van der Waals surface area contributed by atoms with Gasteiger partial charge in [0, 0.05) is 0 Å². The number of hydrogen-bond acceptors (Lipinski definition) is 1. The van der Waals surface area contributed by atoms with Crippen molar-refractivity contribution in [1.29, 1.82) is 0 Å². The molecule has 0 bridgehead atoms. The largest absolute Gasteiger partial charge is 0.383 e. The van der Waals surface area contributed by atoms with Crippen molar-refractivity contribution in [1.82, 2.24) is 0 Å². The summed E-state index contributed by atoms with van der Waals surface area (Å²) in [6, 6.07) is 9.70. The third-order valence-electron chi connectivity index (χ3n) is 3.32. The lowest BCUT2D eigenvalue weighted by atomic mass is 9.94. The highest BCUT2D eigenvalue weighted by molar-refractivity contribution is 5.38. The van der Waals surface area contributed by atoms with Gasteiger partial charge in [0.25, 0.3) is 0 Å². The Labute approximate surface area is 111 Å². The SMILES string of the molecule is CCc1ccccc1C(O)c1c(F)ccc(C)c1F. The molecule has 0 aliphatic heterocycles. The maximum Gasteiger partial charge on any atom is 0.135 e. The summed E-state index contributed by atoms with van der Waals surface area (Å²) in [5, 5.41) is 10.3. The Morgan fingerprint density at radius 1 is 1.11 bits per heavy atom. The van der Waals surface area contributed by atoms with E-state index in [4.69, 9.17) is 0 Å². The van der Waals surface area contributed by atoms with Gasteiger partial charge >= 0.3 is 0 Å². The monoisotopic (exact) mass is 262 g/mol. The van der Waals surface area contributed by atoms with Crippen LogP contribution in [0.1, 0.15) is 35.3 Å². The van der Waals surface area contributed by atoms with Crippen LogP contribution in [0.15, 0.2) is 36.4 Å². The third kappa shape index (κ3) is 2.51. The van der Waals surface area contributed by atoms with E-state index in [1.54, 1.807) is 19.1 Å². The fourth-order valence-corrected chi connectivity index (χ4v) is 2.21. The lowest BCUT2D eigenvalue weighted by molar-refractivity contribution is 0.207. The number of halogens is 2. The van der Waals surface area contributed by atoms with Gasteiger partial charge in [-0.25, -0.2) is 8.78 Å². The summed E-state index contributed by atoms with van der Waals surface area (Å²) >= 11 is 0. The topological polar surface area (TPSA) is 20.2 Å². The molecule has 0 saturated carbocycles. The average Bonchev–Trinajstić information content (AvgIpc) is 2.43. The minimum atomic E-state index is -1.28. The standard InChI is InChI=1S/C16H16F2O/c1-3-11-6-4-5-7-12(11)16(19)14-13(17)9-8-10(2)15(14)18/h4-9,16,19H,3H2,1-2H3. The van der Waals surface area contributed by atoms with E-state index >= 15 is 0 Å². The van der Waals surface area contributed by atoms with Crippen molar-refractivity contribution < 1.29 is 13.9 Å². The van der Waals surface area contributed by atoms with Gasteiger partial charge in [0.1, 0.15) is 17.7 Å². The molecule has 0 aromatic heterocycles. The van der Waals surface area contributed by atoms with Crippen LogP contribution in [0.3, 0.4) is 0 Å². The second kappa shape index (κ2) is 5.49. The van der Waals surface area contributed by atoms with Crippen molar-refractivity contribution >= 4 is 0 Å². The molecule has 0 spiro atoms.